The third-order valence-corrected chi connectivity index (χ3v) is 3.74. The van der Waals surface area contributed by atoms with Crippen LogP contribution in [0.1, 0.15) is 37.6 Å². The molecule has 1 aromatic heterocycles. The summed E-state index contributed by atoms with van der Waals surface area (Å²) in [5.41, 5.74) is 2.06. The van der Waals surface area contributed by atoms with Gasteiger partial charge in [-0.1, -0.05) is 43.6 Å². The number of methoxy groups -OCH3 is 1. The standard InChI is InChI=1S/C16H22ClN3O/c1-4-10-20-16(14(21-3)11-19-20)15(18-5-2)12-8-6-7-9-13(12)17/h6-9,11,15,18H,4-5,10H2,1-3H3. The van der Waals surface area contributed by atoms with Crippen LogP contribution in [0.15, 0.2) is 30.5 Å². The van der Waals surface area contributed by atoms with Crippen molar-refractivity contribution < 1.29 is 4.74 Å². The van der Waals surface area contributed by atoms with Crippen LogP contribution < -0.4 is 10.1 Å². The summed E-state index contributed by atoms with van der Waals surface area (Å²) in [7, 11) is 1.67. The zero-order valence-corrected chi connectivity index (χ0v) is 13.5. The van der Waals surface area contributed by atoms with E-state index in [-0.39, 0.29) is 6.04 Å². The van der Waals surface area contributed by atoms with Crippen molar-refractivity contribution >= 4 is 11.6 Å². The molecule has 1 aromatic carbocycles. The predicted molar refractivity (Wildman–Crippen MR) is 86.0 cm³/mol. The minimum Gasteiger partial charge on any atom is -0.493 e. The molecule has 1 unspecified atom stereocenters. The molecule has 1 N–H and O–H groups in total. The highest BCUT2D eigenvalue weighted by molar-refractivity contribution is 6.31. The number of hydrogen-bond donors (Lipinski definition) is 1. The van der Waals surface area contributed by atoms with Gasteiger partial charge in [0, 0.05) is 11.6 Å². The van der Waals surface area contributed by atoms with Gasteiger partial charge in [0.25, 0.3) is 0 Å². The van der Waals surface area contributed by atoms with Crippen molar-refractivity contribution in [1.29, 1.82) is 0 Å². The average Bonchev–Trinajstić information content (AvgIpc) is 2.89. The fourth-order valence-electron chi connectivity index (χ4n) is 2.48. The van der Waals surface area contributed by atoms with E-state index in [1.54, 1.807) is 13.3 Å². The first-order valence-corrected chi connectivity index (χ1v) is 7.68. The second-order valence-electron chi connectivity index (χ2n) is 4.83. The topological polar surface area (TPSA) is 39.1 Å². The van der Waals surface area contributed by atoms with E-state index in [4.69, 9.17) is 16.3 Å². The number of aryl methyl sites for hydroxylation is 1. The lowest BCUT2D eigenvalue weighted by molar-refractivity contribution is 0.398. The second-order valence-corrected chi connectivity index (χ2v) is 5.24. The van der Waals surface area contributed by atoms with Gasteiger partial charge in [0.05, 0.1) is 19.3 Å². The summed E-state index contributed by atoms with van der Waals surface area (Å²) < 4.78 is 7.49. The number of hydrogen-bond acceptors (Lipinski definition) is 3. The zero-order valence-electron chi connectivity index (χ0n) is 12.8. The first kappa shape index (κ1) is 15.9. The SMILES string of the molecule is CCCn1ncc(OC)c1C(NCC)c1ccccc1Cl. The number of halogens is 1. The first-order chi connectivity index (χ1) is 10.2. The Morgan fingerprint density at radius 1 is 1.33 bits per heavy atom. The molecule has 0 saturated carbocycles. The van der Waals surface area contributed by atoms with Crippen LogP contribution in [0.4, 0.5) is 0 Å². The molecule has 0 fully saturated rings. The van der Waals surface area contributed by atoms with E-state index in [0.29, 0.717) is 0 Å². The fourth-order valence-corrected chi connectivity index (χ4v) is 2.73. The number of aromatic nitrogens is 2. The van der Waals surface area contributed by atoms with Crippen molar-refractivity contribution in [3.8, 4) is 5.75 Å². The van der Waals surface area contributed by atoms with Gasteiger partial charge in [0.2, 0.25) is 0 Å². The minimum absolute atomic E-state index is 0.0345. The largest absolute Gasteiger partial charge is 0.493 e. The Bertz CT molecular complexity index is 583. The molecule has 0 radical (unpaired) electrons. The molecule has 4 nitrogen and oxygen atoms in total. The smallest absolute Gasteiger partial charge is 0.161 e. The highest BCUT2D eigenvalue weighted by Gasteiger charge is 2.24. The van der Waals surface area contributed by atoms with Crippen LogP contribution in [-0.2, 0) is 6.54 Å². The normalized spacial score (nSPS) is 12.4. The first-order valence-electron chi connectivity index (χ1n) is 7.30. The van der Waals surface area contributed by atoms with E-state index in [0.717, 1.165) is 41.5 Å². The molecule has 0 aliphatic rings. The molecular formula is C16H22ClN3O. The van der Waals surface area contributed by atoms with Crippen LogP contribution in [-0.4, -0.2) is 23.4 Å². The van der Waals surface area contributed by atoms with Crippen molar-refractivity contribution in [2.45, 2.75) is 32.9 Å². The summed E-state index contributed by atoms with van der Waals surface area (Å²) in [6.45, 7) is 5.90. The van der Waals surface area contributed by atoms with Gasteiger partial charge >= 0.3 is 0 Å². The molecule has 0 aliphatic heterocycles. The van der Waals surface area contributed by atoms with Crippen LogP contribution >= 0.6 is 11.6 Å². The molecule has 0 saturated heterocycles. The van der Waals surface area contributed by atoms with Gasteiger partial charge in [-0.3, -0.25) is 4.68 Å². The predicted octanol–water partition coefficient (Wildman–Crippen LogP) is 3.65. The fraction of sp³-hybridized carbons (Fsp3) is 0.438. The summed E-state index contributed by atoms with van der Waals surface area (Å²) in [5.74, 6) is 0.786. The Balaban J connectivity index is 2.52. The van der Waals surface area contributed by atoms with Gasteiger partial charge in [0.1, 0.15) is 5.69 Å². The van der Waals surface area contributed by atoms with Crippen molar-refractivity contribution in [2.24, 2.45) is 0 Å². The van der Waals surface area contributed by atoms with Gasteiger partial charge in [-0.15, -0.1) is 0 Å². The molecule has 0 spiro atoms. The lowest BCUT2D eigenvalue weighted by atomic mass is 10.0. The maximum absolute atomic E-state index is 6.39. The molecule has 0 bridgehead atoms. The molecule has 1 heterocycles. The third-order valence-electron chi connectivity index (χ3n) is 3.40. The minimum atomic E-state index is -0.0345. The van der Waals surface area contributed by atoms with Gasteiger partial charge in [-0.05, 0) is 24.6 Å². The summed E-state index contributed by atoms with van der Waals surface area (Å²) in [5, 5.41) is 8.68. The molecule has 0 amide bonds. The van der Waals surface area contributed by atoms with Gasteiger partial charge in [0.15, 0.2) is 5.75 Å². The van der Waals surface area contributed by atoms with E-state index in [2.05, 4.69) is 24.3 Å². The highest BCUT2D eigenvalue weighted by atomic mass is 35.5. The van der Waals surface area contributed by atoms with Crippen LogP contribution in [0.2, 0.25) is 5.02 Å². The number of nitrogens with zero attached hydrogens (tertiary/aromatic N) is 2. The van der Waals surface area contributed by atoms with Crippen molar-refractivity contribution in [3.05, 3.63) is 46.7 Å². The summed E-state index contributed by atoms with van der Waals surface area (Å²) >= 11 is 6.39. The third kappa shape index (κ3) is 3.39. The number of benzene rings is 1. The molecule has 114 valence electrons. The maximum Gasteiger partial charge on any atom is 0.161 e. The molecule has 5 heteroatoms. The van der Waals surface area contributed by atoms with Crippen LogP contribution in [0.25, 0.3) is 0 Å². The van der Waals surface area contributed by atoms with Gasteiger partial charge in [-0.2, -0.15) is 5.10 Å². The summed E-state index contributed by atoms with van der Waals surface area (Å²) in [4.78, 5) is 0. The maximum atomic E-state index is 6.39. The molecule has 2 aromatic rings. The molecule has 2 rings (SSSR count). The molecule has 0 aliphatic carbocycles. The van der Waals surface area contributed by atoms with E-state index < -0.39 is 0 Å². The molecular weight excluding hydrogens is 286 g/mol. The highest BCUT2D eigenvalue weighted by Crippen LogP contribution is 2.33. The Labute approximate surface area is 131 Å². The van der Waals surface area contributed by atoms with E-state index in [1.165, 1.54) is 0 Å². The van der Waals surface area contributed by atoms with E-state index in [9.17, 15) is 0 Å². The van der Waals surface area contributed by atoms with Gasteiger partial charge in [-0.25, -0.2) is 0 Å². The van der Waals surface area contributed by atoms with Crippen molar-refractivity contribution in [3.63, 3.8) is 0 Å². The van der Waals surface area contributed by atoms with Crippen LogP contribution in [0, 0.1) is 0 Å². The number of ether oxygens (including phenoxy) is 1. The lowest BCUT2D eigenvalue weighted by Crippen LogP contribution is -2.25. The van der Waals surface area contributed by atoms with E-state index >= 15 is 0 Å². The van der Waals surface area contributed by atoms with Crippen molar-refractivity contribution in [1.82, 2.24) is 15.1 Å². The number of rotatable bonds is 7. The number of nitrogens with one attached hydrogen (secondary N) is 1. The molecule has 1 atom stereocenters. The average molecular weight is 308 g/mol. The lowest BCUT2D eigenvalue weighted by Gasteiger charge is -2.22. The quantitative estimate of drug-likeness (QED) is 0.848. The second kappa shape index (κ2) is 7.48. The van der Waals surface area contributed by atoms with Crippen LogP contribution in [0.5, 0.6) is 5.75 Å². The van der Waals surface area contributed by atoms with Crippen LogP contribution in [0.3, 0.4) is 0 Å². The Morgan fingerprint density at radius 2 is 2.10 bits per heavy atom. The van der Waals surface area contributed by atoms with E-state index in [1.807, 2.05) is 28.9 Å². The van der Waals surface area contributed by atoms with Gasteiger partial charge < -0.3 is 10.1 Å². The zero-order chi connectivity index (χ0) is 15.2. The Morgan fingerprint density at radius 3 is 2.71 bits per heavy atom. The molecule has 21 heavy (non-hydrogen) atoms. The Kier molecular flexibility index (Phi) is 5.65. The van der Waals surface area contributed by atoms with Crippen molar-refractivity contribution in [2.75, 3.05) is 13.7 Å². The summed E-state index contributed by atoms with van der Waals surface area (Å²) in [6, 6.07) is 7.85. The monoisotopic (exact) mass is 307 g/mol. The Hall–Kier alpha value is -1.52. The summed E-state index contributed by atoms with van der Waals surface area (Å²) in [6.07, 6.45) is 2.78.